The van der Waals surface area contributed by atoms with Crippen LogP contribution in [0.15, 0.2) is 40.6 Å². The highest BCUT2D eigenvalue weighted by Crippen LogP contribution is 2.11. The van der Waals surface area contributed by atoms with Crippen molar-refractivity contribution in [2.45, 2.75) is 41.5 Å². The molecule has 84 valence electrons. The Labute approximate surface area is 94.3 Å². The second-order valence-corrected chi connectivity index (χ2v) is 4.27. The average molecular weight is 205 g/mol. The van der Waals surface area contributed by atoms with Gasteiger partial charge < -0.3 is 0 Å². The first kappa shape index (κ1) is 13.9. The first-order chi connectivity index (χ1) is 6.88. The normalized spacial score (nSPS) is 15.4. The molecule has 0 saturated heterocycles. The summed E-state index contributed by atoms with van der Waals surface area (Å²) in [6, 6.07) is 0. The van der Waals surface area contributed by atoms with Crippen molar-refractivity contribution in [3.63, 3.8) is 0 Å². The van der Waals surface area contributed by atoms with Gasteiger partial charge in [-0.3, -0.25) is 4.99 Å². The molecule has 0 unspecified atom stereocenters. The lowest BCUT2D eigenvalue weighted by atomic mass is 10.1. The molecule has 0 aromatic heterocycles. The fraction of sp³-hybridized carbons (Fsp3) is 0.500. The molecule has 0 spiro atoms. The lowest BCUT2D eigenvalue weighted by molar-refractivity contribution is 0.874. The molecule has 0 aliphatic heterocycles. The minimum atomic E-state index is 0.511. The van der Waals surface area contributed by atoms with Gasteiger partial charge in [0.15, 0.2) is 0 Å². The first-order valence-electron chi connectivity index (χ1n) is 5.41. The van der Waals surface area contributed by atoms with Crippen LogP contribution in [0.5, 0.6) is 0 Å². The number of aliphatic imine (C=N–C) groups is 1. The molecule has 0 radical (unpaired) electrons. The highest BCUT2D eigenvalue weighted by Gasteiger charge is 1.99. The average Bonchev–Trinajstić information content (AvgIpc) is 2.16. The summed E-state index contributed by atoms with van der Waals surface area (Å²) in [5.74, 6) is 0.511. The molecular weight excluding hydrogens is 182 g/mol. The van der Waals surface area contributed by atoms with E-state index >= 15 is 0 Å². The van der Waals surface area contributed by atoms with Crippen LogP contribution in [0.1, 0.15) is 41.5 Å². The molecule has 0 N–H and O–H groups in total. The third-order valence-corrected chi connectivity index (χ3v) is 2.52. The van der Waals surface area contributed by atoms with Gasteiger partial charge in [0.25, 0.3) is 0 Å². The topological polar surface area (TPSA) is 12.4 Å². The molecule has 0 aromatic carbocycles. The Morgan fingerprint density at radius 1 is 1.13 bits per heavy atom. The highest BCUT2D eigenvalue weighted by molar-refractivity contribution is 5.84. The van der Waals surface area contributed by atoms with Gasteiger partial charge in [-0.05, 0) is 39.2 Å². The van der Waals surface area contributed by atoms with E-state index in [9.17, 15) is 0 Å². The SMILES string of the molecule is C=C/C(C)=C\C(C)=C(/C)N=C(C)C(C)C. The van der Waals surface area contributed by atoms with Crippen LogP contribution in [0, 0.1) is 5.92 Å². The quantitative estimate of drug-likeness (QED) is 0.472. The van der Waals surface area contributed by atoms with Crippen LogP contribution in [-0.2, 0) is 0 Å². The molecule has 0 bridgehead atoms. The number of nitrogens with zero attached hydrogens (tertiary/aromatic N) is 1. The Kier molecular flexibility index (Phi) is 5.92. The summed E-state index contributed by atoms with van der Waals surface area (Å²) in [6.07, 6.45) is 3.97. The van der Waals surface area contributed by atoms with Crippen LogP contribution in [-0.4, -0.2) is 5.71 Å². The van der Waals surface area contributed by atoms with Crippen molar-refractivity contribution in [2.24, 2.45) is 10.9 Å². The van der Waals surface area contributed by atoms with Gasteiger partial charge in [0.1, 0.15) is 0 Å². The first-order valence-corrected chi connectivity index (χ1v) is 5.41. The van der Waals surface area contributed by atoms with Gasteiger partial charge in [0.05, 0.1) is 0 Å². The molecule has 0 aromatic rings. The van der Waals surface area contributed by atoms with Crippen LogP contribution >= 0.6 is 0 Å². The highest BCUT2D eigenvalue weighted by atomic mass is 14.7. The van der Waals surface area contributed by atoms with Gasteiger partial charge in [-0.15, -0.1) is 0 Å². The van der Waals surface area contributed by atoms with E-state index in [2.05, 4.69) is 45.3 Å². The summed E-state index contributed by atoms with van der Waals surface area (Å²) in [7, 11) is 0. The zero-order valence-corrected chi connectivity index (χ0v) is 10.9. The molecule has 0 heterocycles. The van der Waals surface area contributed by atoms with Gasteiger partial charge >= 0.3 is 0 Å². The number of hydrogen-bond donors (Lipinski definition) is 0. The summed E-state index contributed by atoms with van der Waals surface area (Å²) in [5, 5.41) is 0. The molecule has 0 aliphatic carbocycles. The Bertz CT molecular complexity index is 314. The van der Waals surface area contributed by atoms with Crippen LogP contribution in [0.3, 0.4) is 0 Å². The van der Waals surface area contributed by atoms with E-state index in [-0.39, 0.29) is 0 Å². The predicted molar refractivity (Wildman–Crippen MR) is 70.3 cm³/mol. The smallest absolute Gasteiger partial charge is 0.0401 e. The van der Waals surface area contributed by atoms with Crippen LogP contribution in [0.4, 0.5) is 0 Å². The predicted octanol–water partition coefficient (Wildman–Crippen LogP) is 4.53. The fourth-order valence-corrected chi connectivity index (χ4v) is 0.987. The minimum Gasteiger partial charge on any atom is -0.262 e. The lowest BCUT2D eigenvalue weighted by Gasteiger charge is -2.05. The summed E-state index contributed by atoms with van der Waals surface area (Å²) in [4.78, 5) is 4.58. The molecule has 1 nitrogen and oxygen atoms in total. The van der Waals surface area contributed by atoms with Gasteiger partial charge in [-0.2, -0.15) is 0 Å². The minimum absolute atomic E-state index is 0.511. The molecule has 0 atom stereocenters. The van der Waals surface area contributed by atoms with E-state index in [1.54, 1.807) is 0 Å². The largest absolute Gasteiger partial charge is 0.262 e. The Balaban J connectivity index is 4.96. The van der Waals surface area contributed by atoms with E-state index in [0.717, 1.165) is 5.70 Å². The van der Waals surface area contributed by atoms with Gasteiger partial charge in [-0.1, -0.05) is 38.2 Å². The third-order valence-electron chi connectivity index (χ3n) is 2.52. The van der Waals surface area contributed by atoms with E-state index < -0.39 is 0 Å². The van der Waals surface area contributed by atoms with E-state index in [1.807, 2.05) is 19.9 Å². The van der Waals surface area contributed by atoms with Gasteiger partial charge in [-0.25, -0.2) is 0 Å². The van der Waals surface area contributed by atoms with Crippen molar-refractivity contribution in [3.8, 4) is 0 Å². The molecule has 15 heavy (non-hydrogen) atoms. The van der Waals surface area contributed by atoms with E-state index in [4.69, 9.17) is 0 Å². The Morgan fingerprint density at radius 2 is 1.67 bits per heavy atom. The van der Waals surface area contributed by atoms with Crippen LogP contribution < -0.4 is 0 Å². The molecular formula is C14H23N. The summed E-state index contributed by atoms with van der Waals surface area (Å²) < 4.78 is 0. The molecule has 0 amide bonds. The molecule has 0 saturated carbocycles. The van der Waals surface area contributed by atoms with E-state index in [0.29, 0.717) is 5.92 Å². The van der Waals surface area contributed by atoms with E-state index in [1.165, 1.54) is 16.9 Å². The lowest BCUT2D eigenvalue weighted by Crippen LogP contribution is -2.01. The summed E-state index contributed by atoms with van der Waals surface area (Å²) >= 11 is 0. The molecule has 0 rings (SSSR count). The molecule has 0 aliphatic rings. The van der Waals surface area contributed by atoms with Crippen molar-refractivity contribution < 1.29 is 0 Å². The Hall–Kier alpha value is -1.11. The second kappa shape index (κ2) is 6.39. The molecule has 1 heteroatoms. The van der Waals surface area contributed by atoms with Crippen molar-refractivity contribution in [2.75, 3.05) is 0 Å². The second-order valence-electron chi connectivity index (χ2n) is 4.27. The van der Waals surface area contributed by atoms with Crippen molar-refractivity contribution in [1.82, 2.24) is 0 Å². The number of rotatable bonds is 4. The fourth-order valence-electron chi connectivity index (χ4n) is 0.987. The summed E-state index contributed by atoms with van der Waals surface area (Å²) in [6.45, 7) is 16.3. The van der Waals surface area contributed by atoms with Crippen LogP contribution in [0.2, 0.25) is 0 Å². The number of hydrogen-bond acceptors (Lipinski definition) is 1. The van der Waals surface area contributed by atoms with Crippen LogP contribution in [0.25, 0.3) is 0 Å². The summed E-state index contributed by atoms with van der Waals surface area (Å²) in [5.41, 5.74) is 4.63. The maximum Gasteiger partial charge on any atom is 0.0401 e. The Morgan fingerprint density at radius 3 is 2.07 bits per heavy atom. The van der Waals surface area contributed by atoms with Gasteiger partial charge in [0.2, 0.25) is 0 Å². The molecule has 0 fully saturated rings. The zero-order valence-electron chi connectivity index (χ0n) is 10.9. The maximum absolute atomic E-state index is 4.58. The zero-order chi connectivity index (χ0) is 12.0. The van der Waals surface area contributed by atoms with Gasteiger partial charge in [0, 0.05) is 11.4 Å². The third kappa shape index (κ3) is 5.36. The van der Waals surface area contributed by atoms with Crippen molar-refractivity contribution in [3.05, 3.63) is 35.6 Å². The monoisotopic (exact) mass is 205 g/mol. The standard InChI is InChI=1S/C14H23N/c1-8-11(4)9-12(5)14(7)15-13(6)10(2)3/h8-10H,1H2,2-7H3/b11-9-,14-12+,15-13?. The maximum atomic E-state index is 4.58. The number of allylic oxidation sites excluding steroid dienone is 5. The van der Waals surface area contributed by atoms with Crippen molar-refractivity contribution in [1.29, 1.82) is 0 Å². The van der Waals surface area contributed by atoms with Crippen molar-refractivity contribution >= 4 is 5.71 Å².